The van der Waals surface area contributed by atoms with Crippen molar-refractivity contribution in [1.29, 1.82) is 0 Å². The average Bonchev–Trinajstić information content (AvgIpc) is 2.67. The Morgan fingerprint density at radius 3 is 2.31 bits per heavy atom. The molecule has 1 rings (SSSR count). The summed E-state index contributed by atoms with van der Waals surface area (Å²) in [6, 6.07) is 0. The third-order valence-electron chi connectivity index (χ3n) is 2.48. The predicted octanol–water partition coefficient (Wildman–Crippen LogP) is 2.07. The fraction of sp³-hybridized carbons (Fsp3) is 1.00. The summed E-state index contributed by atoms with van der Waals surface area (Å²) in [6.45, 7) is 0.953. The summed E-state index contributed by atoms with van der Waals surface area (Å²) in [5.41, 5.74) is 0. The average molecular weight is 241 g/mol. The van der Waals surface area contributed by atoms with E-state index in [9.17, 15) is 13.2 Å². The Kier molecular flexibility index (Phi) is 6.08. The van der Waals surface area contributed by atoms with E-state index in [4.69, 9.17) is 4.74 Å². The maximum Gasteiger partial charge on any atom is 0.522 e. The second kappa shape index (κ2) is 7.09. The Hall–Kier alpha value is -0.330. The van der Waals surface area contributed by atoms with E-state index in [0.29, 0.717) is 19.3 Å². The molecule has 0 spiro atoms. The Labute approximate surface area is 93.3 Å². The molecule has 0 atom stereocenters. The van der Waals surface area contributed by atoms with E-state index >= 15 is 0 Å². The van der Waals surface area contributed by atoms with Gasteiger partial charge in [-0.15, -0.1) is 13.2 Å². The highest BCUT2D eigenvalue weighted by molar-refractivity contribution is 4.66. The highest BCUT2D eigenvalue weighted by Crippen LogP contribution is 2.20. The molecule has 0 aromatic carbocycles. The molecule has 0 aromatic rings. The molecule has 6 heteroatoms. The summed E-state index contributed by atoms with van der Waals surface area (Å²) in [6.07, 6.45) is 0.485. The van der Waals surface area contributed by atoms with Gasteiger partial charge < -0.3 is 10.1 Å². The fourth-order valence-electron chi connectivity index (χ4n) is 1.72. The van der Waals surface area contributed by atoms with Crippen LogP contribution in [0.5, 0.6) is 0 Å². The van der Waals surface area contributed by atoms with Gasteiger partial charge in [-0.05, 0) is 12.8 Å². The van der Waals surface area contributed by atoms with E-state index in [2.05, 4.69) is 10.1 Å². The van der Waals surface area contributed by atoms with Gasteiger partial charge in [0.1, 0.15) is 0 Å². The van der Waals surface area contributed by atoms with E-state index in [-0.39, 0.29) is 13.2 Å². The van der Waals surface area contributed by atoms with Gasteiger partial charge in [0.25, 0.3) is 0 Å². The third kappa shape index (κ3) is 7.03. The lowest BCUT2D eigenvalue weighted by atomic mass is 10.3. The number of rotatable bonds is 7. The van der Waals surface area contributed by atoms with Crippen molar-refractivity contribution in [3.63, 3.8) is 0 Å². The lowest BCUT2D eigenvalue weighted by Crippen LogP contribution is -2.27. The Balaban J connectivity index is 1.81. The smallest absolute Gasteiger partial charge is 0.377 e. The van der Waals surface area contributed by atoms with E-state index < -0.39 is 6.36 Å². The maximum absolute atomic E-state index is 11.6. The fourth-order valence-corrected chi connectivity index (χ4v) is 1.72. The third-order valence-corrected chi connectivity index (χ3v) is 2.48. The Morgan fingerprint density at radius 2 is 1.69 bits per heavy atom. The van der Waals surface area contributed by atoms with Crippen molar-refractivity contribution < 1.29 is 22.6 Å². The van der Waals surface area contributed by atoms with E-state index in [1.165, 1.54) is 12.8 Å². The highest BCUT2D eigenvalue weighted by Gasteiger charge is 2.28. The number of hydrogen-bond acceptors (Lipinski definition) is 3. The molecule has 0 radical (unpaired) electrons. The molecule has 0 unspecified atom stereocenters. The summed E-state index contributed by atoms with van der Waals surface area (Å²) >= 11 is 0. The van der Waals surface area contributed by atoms with Gasteiger partial charge in [-0.1, -0.05) is 12.8 Å². The van der Waals surface area contributed by atoms with Crippen molar-refractivity contribution >= 4 is 0 Å². The molecule has 96 valence electrons. The van der Waals surface area contributed by atoms with Crippen LogP contribution in [0.15, 0.2) is 0 Å². The Morgan fingerprint density at radius 1 is 1.06 bits per heavy atom. The van der Waals surface area contributed by atoms with Gasteiger partial charge in [0.15, 0.2) is 0 Å². The van der Waals surface area contributed by atoms with Crippen molar-refractivity contribution in [1.82, 2.24) is 5.32 Å². The summed E-state index contributed by atoms with van der Waals surface area (Å²) < 4.78 is 43.8. The topological polar surface area (TPSA) is 30.5 Å². The quantitative estimate of drug-likeness (QED) is 0.692. The van der Waals surface area contributed by atoms with Crippen molar-refractivity contribution in [2.45, 2.75) is 38.1 Å². The van der Waals surface area contributed by atoms with Crippen LogP contribution in [0.2, 0.25) is 0 Å². The van der Waals surface area contributed by atoms with Gasteiger partial charge >= 0.3 is 6.36 Å². The van der Waals surface area contributed by atoms with E-state index in [1.807, 2.05) is 0 Å². The number of hydrogen-bond donors (Lipinski definition) is 1. The molecule has 1 aliphatic rings. The molecule has 1 N–H and O–H groups in total. The predicted molar refractivity (Wildman–Crippen MR) is 53.1 cm³/mol. The molecular weight excluding hydrogens is 223 g/mol. The molecule has 0 aliphatic heterocycles. The normalized spacial score (nSPS) is 18.2. The van der Waals surface area contributed by atoms with Crippen molar-refractivity contribution in [2.75, 3.05) is 26.3 Å². The zero-order valence-corrected chi connectivity index (χ0v) is 9.18. The molecule has 3 nitrogen and oxygen atoms in total. The SMILES string of the molecule is FC(F)(F)OCCNCCOC1CCCC1. The van der Waals surface area contributed by atoms with Gasteiger partial charge in [0.05, 0.1) is 19.3 Å². The largest absolute Gasteiger partial charge is 0.522 e. The first kappa shape index (κ1) is 13.7. The molecular formula is C10H18F3NO2. The van der Waals surface area contributed by atoms with E-state index in [1.54, 1.807) is 0 Å². The van der Waals surface area contributed by atoms with Crippen molar-refractivity contribution in [3.8, 4) is 0 Å². The van der Waals surface area contributed by atoms with Gasteiger partial charge in [-0.3, -0.25) is 4.74 Å². The van der Waals surface area contributed by atoms with Crippen LogP contribution >= 0.6 is 0 Å². The molecule has 0 saturated heterocycles. The molecule has 1 fully saturated rings. The molecule has 0 bridgehead atoms. The highest BCUT2D eigenvalue weighted by atomic mass is 19.4. The lowest BCUT2D eigenvalue weighted by Gasteiger charge is -2.11. The maximum atomic E-state index is 11.6. The minimum atomic E-state index is -4.53. The van der Waals surface area contributed by atoms with Crippen LogP contribution in [-0.4, -0.2) is 38.8 Å². The molecule has 1 aliphatic carbocycles. The van der Waals surface area contributed by atoms with Crippen LogP contribution in [0, 0.1) is 0 Å². The number of halogens is 3. The van der Waals surface area contributed by atoms with Gasteiger partial charge in [-0.2, -0.15) is 0 Å². The zero-order chi connectivity index (χ0) is 11.9. The van der Waals surface area contributed by atoms with Crippen molar-refractivity contribution in [3.05, 3.63) is 0 Å². The lowest BCUT2D eigenvalue weighted by molar-refractivity contribution is -0.323. The Bertz CT molecular complexity index is 181. The van der Waals surface area contributed by atoms with Crippen LogP contribution in [0.3, 0.4) is 0 Å². The number of nitrogens with one attached hydrogen (secondary N) is 1. The van der Waals surface area contributed by atoms with Crippen LogP contribution in [0.25, 0.3) is 0 Å². The van der Waals surface area contributed by atoms with Crippen molar-refractivity contribution in [2.24, 2.45) is 0 Å². The van der Waals surface area contributed by atoms with E-state index in [0.717, 1.165) is 12.8 Å². The summed E-state index contributed by atoms with van der Waals surface area (Å²) in [5.74, 6) is 0. The monoisotopic (exact) mass is 241 g/mol. The molecule has 0 heterocycles. The standard InChI is InChI=1S/C10H18F3NO2/c11-10(12,13)16-8-6-14-5-7-15-9-3-1-2-4-9/h9,14H,1-8H2. The van der Waals surface area contributed by atoms with Crippen LogP contribution in [0.4, 0.5) is 13.2 Å². The first-order chi connectivity index (χ1) is 7.58. The second-order valence-electron chi connectivity index (χ2n) is 3.82. The van der Waals surface area contributed by atoms with Gasteiger partial charge in [0, 0.05) is 13.1 Å². The molecule has 0 aromatic heterocycles. The molecule has 16 heavy (non-hydrogen) atoms. The second-order valence-corrected chi connectivity index (χ2v) is 3.82. The van der Waals surface area contributed by atoms with Crippen LogP contribution < -0.4 is 5.32 Å². The zero-order valence-electron chi connectivity index (χ0n) is 9.18. The van der Waals surface area contributed by atoms with Gasteiger partial charge in [-0.25, -0.2) is 0 Å². The molecule has 0 amide bonds. The van der Waals surface area contributed by atoms with Crippen LogP contribution in [0.1, 0.15) is 25.7 Å². The number of ether oxygens (including phenoxy) is 2. The summed E-state index contributed by atoms with van der Waals surface area (Å²) in [5, 5.41) is 2.83. The number of alkyl halides is 3. The summed E-state index contributed by atoms with van der Waals surface area (Å²) in [4.78, 5) is 0. The minimum absolute atomic E-state index is 0.188. The van der Waals surface area contributed by atoms with Crippen LogP contribution in [-0.2, 0) is 9.47 Å². The van der Waals surface area contributed by atoms with Gasteiger partial charge in [0.2, 0.25) is 0 Å². The summed E-state index contributed by atoms with van der Waals surface area (Å²) in [7, 11) is 0. The first-order valence-corrected chi connectivity index (χ1v) is 5.61. The minimum Gasteiger partial charge on any atom is -0.377 e. The first-order valence-electron chi connectivity index (χ1n) is 5.61. The molecule has 1 saturated carbocycles.